The lowest BCUT2D eigenvalue weighted by Gasteiger charge is -2.31. The first-order valence-corrected chi connectivity index (χ1v) is 6.62. The average molecular weight is 223 g/mol. The van der Waals surface area contributed by atoms with Gasteiger partial charge >= 0.3 is 5.97 Å². The third-order valence-corrected chi connectivity index (χ3v) is 5.13. The largest absolute Gasteiger partial charge is 0.481 e. The van der Waals surface area contributed by atoms with Crippen LogP contribution in [0.4, 0.5) is 0 Å². The lowest BCUT2D eigenvalue weighted by molar-refractivity contribution is -0.142. The van der Waals surface area contributed by atoms with Gasteiger partial charge in [-0.3, -0.25) is 9.69 Å². The molecule has 1 heterocycles. The average Bonchev–Trinajstić information content (AvgIpc) is 2.89. The Morgan fingerprint density at radius 1 is 1.25 bits per heavy atom. The van der Waals surface area contributed by atoms with Crippen molar-refractivity contribution in [2.45, 2.75) is 38.6 Å². The van der Waals surface area contributed by atoms with Gasteiger partial charge in [-0.1, -0.05) is 13.3 Å². The predicted molar refractivity (Wildman–Crippen MR) is 61.1 cm³/mol. The molecular weight excluding hydrogens is 202 g/mol. The number of likely N-dealkylation sites (tertiary alicyclic amines) is 1. The molecule has 2 aliphatic carbocycles. The number of fused-ring (bicyclic) bond motifs is 2. The fraction of sp³-hybridized carbons (Fsp3) is 0.923. The lowest BCUT2D eigenvalue weighted by atomic mass is 9.94. The van der Waals surface area contributed by atoms with Gasteiger partial charge in [0.05, 0.1) is 5.92 Å². The summed E-state index contributed by atoms with van der Waals surface area (Å²) in [6.07, 6.45) is 5.56. The molecule has 0 spiro atoms. The van der Waals surface area contributed by atoms with E-state index in [2.05, 4.69) is 11.8 Å². The smallest absolute Gasteiger partial charge is 0.308 e. The van der Waals surface area contributed by atoms with Crippen molar-refractivity contribution >= 4 is 5.97 Å². The van der Waals surface area contributed by atoms with E-state index in [-0.39, 0.29) is 5.92 Å². The maximum absolute atomic E-state index is 11.1. The molecule has 1 N–H and O–H groups in total. The molecule has 0 aromatic heterocycles. The zero-order chi connectivity index (χ0) is 11.3. The number of hydrogen-bond acceptors (Lipinski definition) is 2. The zero-order valence-corrected chi connectivity index (χ0v) is 9.93. The lowest BCUT2D eigenvalue weighted by Crippen LogP contribution is -2.38. The zero-order valence-electron chi connectivity index (χ0n) is 9.93. The molecular formula is C13H21NO2. The number of carbonyl (C=O) groups is 1. The fourth-order valence-electron chi connectivity index (χ4n) is 4.25. The van der Waals surface area contributed by atoms with E-state index in [0.717, 1.165) is 24.9 Å². The number of carboxylic acids is 1. The highest BCUT2D eigenvalue weighted by atomic mass is 16.4. The molecule has 2 saturated carbocycles. The topological polar surface area (TPSA) is 40.5 Å². The number of aliphatic carboxylic acids is 1. The Balaban J connectivity index is 1.67. The van der Waals surface area contributed by atoms with Crippen LogP contribution in [0, 0.1) is 23.7 Å². The molecule has 0 aromatic rings. The fourth-order valence-corrected chi connectivity index (χ4v) is 4.25. The highest BCUT2D eigenvalue weighted by molar-refractivity contribution is 5.71. The molecule has 1 saturated heterocycles. The van der Waals surface area contributed by atoms with Gasteiger partial charge in [0.1, 0.15) is 0 Å². The van der Waals surface area contributed by atoms with Crippen molar-refractivity contribution in [3.05, 3.63) is 0 Å². The minimum Gasteiger partial charge on any atom is -0.481 e. The third-order valence-electron chi connectivity index (χ3n) is 5.13. The molecule has 3 rings (SSSR count). The minimum absolute atomic E-state index is 0.126. The van der Waals surface area contributed by atoms with Gasteiger partial charge in [0.15, 0.2) is 0 Å². The molecule has 5 atom stereocenters. The highest BCUT2D eigenvalue weighted by Gasteiger charge is 2.46. The number of carboxylic acid groups (broad SMARTS) is 1. The first-order valence-electron chi connectivity index (χ1n) is 6.62. The summed E-state index contributed by atoms with van der Waals surface area (Å²) in [5, 5.41) is 9.15. The van der Waals surface area contributed by atoms with Gasteiger partial charge in [0, 0.05) is 19.1 Å². The first-order chi connectivity index (χ1) is 7.65. The molecule has 3 nitrogen and oxygen atoms in total. The molecule has 3 heteroatoms. The van der Waals surface area contributed by atoms with Crippen LogP contribution in [0.2, 0.25) is 0 Å². The Hall–Kier alpha value is -0.570. The van der Waals surface area contributed by atoms with E-state index in [0.29, 0.717) is 12.0 Å². The first kappa shape index (κ1) is 10.6. The van der Waals surface area contributed by atoms with E-state index in [1.807, 2.05) is 0 Å². The molecule has 0 radical (unpaired) electrons. The van der Waals surface area contributed by atoms with Crippen LogP contribution in [0.5, 0.6) is 0 Å². The number of rotatable bonds is 2. The van der Waals surface area contributed by atoms with Crippen LogP contribution >= 0.6 is 0 Å². The normalized spacial score (nSPS) is 47.7. The van der Waals surface area contributed by atoms with Crippen LogP contribution in [0.1, 0.15) is 32.6 Å². The summed E-state index contributed by atoms with van der Waals surface area (Å²) in [6, 6.07) is 0.713. The van der Waals surface area contributed by atoms with Crippen LogP contribution in [0.25, 0.3) is 0 Å². The molecule has 0 amide bonds. The van der Waals surface area contributed by atoms with E-state index in [9.17, 15) is 4.79 Å². The molecule has 2 bridgehead atoms. The van der Waals surface area contributed by atoms with Crippen LogP contribution < -0.4 is 0 Å². The van der Waals surface area contributed by atoms with Crippen LogP contribution in [-0.4, -0.2) is 35.1 Å². The second-order valence-corrected chi connectivity index (χ2v) is 6.12. The van der Waals surface area contributed by atoms with Gasteiger partial charge in [-0.25, -0.2) is 0 Å². The summed E-state index contributed by atoms with van der Waals surface area (Å²) in [5.41, 5.74) is 0. The molecule has 3 aliphatic rings. The van der Waals surface area contributed by atoms with E-state index >= 15 is 0 Å². The summed E-state index contributed by atoms with van der Waals surface area (Å²) in [7, 11) is 0. The maximum atomic E-state index is 11.1. The van der Waals surface area contributed by atoms with Crippen molar-refractivity contribution in [2.24, 2.45) is 23.7 Å². The quantitative estimate of drug-likeness (QED) is 0.776. The molecule has 3 fully saturated rings. The van der Waals surface area contributed by atoms with Gasteiger partial charge in [-0.05, 0) is 37.0 Å². The Morgan fingerprint density at radius 2 is 2.06 bits per heavy atom. The van der Waals surface area contributed by atoms with Gasteiger partial charge < -0.3 is 5.11 Å². The second kappa shape index (κ2) is 3.73. The SMILES string of the molecule is C[C@@H]1CN(C2CC3CCC2C3)C[C@H]1C(=O)O. The summed E-state index contributed by atoms with van der Waals surface area (Å²) in [4.78, 5) is 13.6. The van der Waals surface area contributed by atoms with Crippen molar-refractivity contribution in [1.82, 2.24) is 4.90 Å². The van der Waals surface area contributed by atoms with Gasteiger partial charge in [-0.15, -0.1) is 0 Å². The van der Waals surface area contributed by atoms with Crippen molar-refractivity contribution in [2.75, 3.05) is 13.1 Å². The van der Waals surface area contributed by atoms with Crippen LogP contribution in [0.15, 0.2) is 0 Å². The Kier molecular flexibility index (Phi) is 2.46. The Labute approximate surface area is 96.8 Å². The Morgan fingerprint density at radius 3 is 2.56 bits per heavy atom. The summed E-state index contributed by atoms with van der Waals surface area (Å²) >= 11 is 0. The van der Waals surface area contributed by atoms with Crippen molar-refractivity contribution in [1.29, 1.82) is 0 Å². The third kappa shape index (κ3) is 1.56. The minimum atomic E-state index is -0.599. The highest BCUT2D eigenvalue weighted by Crippen LogP contribution is 2.47. The number of hydrogen-bond donors (Lipinski definition) is 1. The van der Waals surface area contributed by atoms with E-state index in [1.54, 1.807) is 0 Å². The predicted octanol–water partition coefficient (Wildman–Crippen LogP) is 1.83. The van der Waals surface area contributed by atoms with Crippen LogP contribution in [0.3, 0.4) is 0 Å². The van der Waals surface area contributed by atoms with Crippen LogP contribution in [-0.2, 0) is 4.79 Å². The second-order valence-electron chi connectivity index (χ2n) is 6.12. The standard InChI is InChI=1S/C13H21NO2/c1-8-6-14(7-11(8)13(15)16)12-5-9-2-3-10(12)4-9/h8-12H,2-7H2,1H3,(H,15,16)/t8-,9?,10?,11-,12?/m1/s1. The van der Waals surface area contributed by atoms with Crippen molar-refractivity contribution in [3.8, 4) is 0 Å². The molecule has 90 valence electrons. The van der Waals surface area contributed by atoms with E-state index in [1.165, 1.54) is 25.7 Å². The molecule has 1 aliphatic heterocycles. The number of nitrogens with zero attached hydrogens (tertiary/aromatic N) is 1. The Bertz CT molecular complexity index is 304. The van der Waals surface area contributed by atoms with E-state index in [4.69, 9.17) is 5.11 Å². The molecule has 0 aromatic carbocycles. The van der Waals surface area contributed by atoms with Gasteiger partial charge in [0.25, 0.3) is 0 Å². The summed E-state index contributed by atoms with van der Waals surface area (Å²) in [5.74, 6) is 1.44. The van der Waals surface area contributed by atoms with E-state index < -0.39 is 5.97 Å². The maximum Gasteiger partial charge on any atom is 0.308 e. The summed E-state index contributed by atoms with van der Waals surface area (Å²) in [6.45, 7) is 3.89. The monoisotopic (exact) mass is 223 g/mol. The van der Waals surface area contributed by atoms with Gasteiger partial charge in [0.2, 0.25) is 0 Å². The van der Waals surface area contributed by atoms with Crippen molar-refractivity contribution in [3.63, 3.8) is 0 Å². The van der Waals surface area contributed by atoms with Gasteiger partial charge in [-0.2, -0.15) is 0 Å². The van der Waals surface area contributed by atoms with Crippen molar-refractivity contribution < 1.29 is 9.90 Å². The molecule has 16 heavy (non-hydrogen) atoms. The molecule has 3 unspecified atom stereocenters. The summed E-state index contributed by atoms with van der Waals surface area (Å²) < 4.78 is 0.